The van der Waals surface area contributed by atoms with Gasteiger partial charge in [-0.05, 0) is 18.6 Å². The molecule has 3 aromatic rings. The minimum Gasteiger partial charge on any atom is -0.383 e. The fourth-order valence-corrected chi connectivity index (χ4v) is 3.82. The molecule has 0 saturated carbocycles. The molecular weight excluding hydrogens is 446 g/mol. The highest BCUT2D eigenvalue weighted by molar-refractivity contribution is 7.99. The van der Waals surface area contributed by atoms with Gasteiger partial charge in [-0.2, -0.15) is 0 Å². The number of amides is 1. The third kappa shape index (κ3) is 5.90. The Balaban J connectivity index is 1.82. The smallest absolute Gasteiger partial charge is 0.330 e. The second-order valence-corrected chi connectivity index (χ2v) is 8.07. The van der Waals surface area contributed by atoms with Crippen molar-refractivity contribution in [2.24, 2.45) is 0 Å². The molecule has 3 rings (SSSR count). The van der Waals surface area contributed by atoms with Crippen LogP contribution in [0.4, 0.5) is 11.5 Å². The van der Waals surface area contributed by atoms with Gasteiger partial charge in [-0.1, -0.05) is 43.3 Å². The molecule has 176 valence electrons. The summed E-state index contributed by atoms with van der Waals surface area (Å²) in [6.45, 7) is 2.60. The molecule has 3 N–H and O–H groups in total. The number of ether oxygens (including phenoxy) is 1. The third-order valence-corrected chi connectivity index (χ3v) is 5.69. The predicted molar refractivity (Wildman–Crippen MR) is 127 cm³/mol. The van der Waals surface area contributed by atoms with Crippen molar-refractivity contribution >= 4 is 29.2 Å². The summed E-state index contributed by atoms with van der Waals surface area (Å²) in [5.74, 6) is -0.459. The number of benzene rings is 1. The molecule has 0 aliphatic carbocycles. The van der Waals surface area contributed by atoms with Gasteiger partial charge in [0.15, 0.2) is 5.69 Å². The topological polar surface area (TPSA) is 141 Å². The summed E-state index contributed by atoms with van der Waals surface area (Å²) in [7, 11) is 1.49. The number of carbonyl (C=O) groups excluding carboxylic acids is 1. The van der Waals surface area contributed by atoms with Gasteiger partial charge in [0.25, 0.3) is 5.56 Å². The van der Waals surface area contributed by atoms with E-state index < -0.39 is 11.2 Å². The number of nitrogens with zero attached hydrogens (tertiary/aromatic N) is 5. The van der Waals surface area contributed by atoms with E-state index in [1.54, 1.807) is 11.0 Å². The molecule has 1 amide bonds. The van der Waals surface area contributed by atoms with Gasteiger partial charge in [0.05, 0.1) is 18.0 Å². The number of H-pyrrole nitrogens is 1. The summed E-state index contributed by atoms with van der Waals surface area (Å²) >= 11 is 1.14. The van der Waals surface area contributed by atoms with Crippen molar-refractivity contribution in [2.75, 3.05) is 36.6 Å². The highest BCUT2D eigenvalue weighted by Crippen LogP contribution is 2.20. The molecule has 2 heterocycles. The molecule has 2 aromatic heterocycles. The van der Waals surface area contributed by atoms with Crippen molar-refractivity contribution in [1.29, 1.82) is 0 Å². The Morgan fingerprint density at radius 3 is 2.73 bits per heavy atom. The van der Waals surface area contributed by atoms with Gasteiger partial charge in [-0.3, -0.25) is 19.1 Å². The number of carbonyl (C=O) groups is 1. The average Bonchev–Trinajstić information content (AvgIpc) is 3.29. The Morgan fingerprint density at radius 1 is 1.27 bits per heavy atom. The summed E-state index contributed by atoms with van der Waals surface area (Å²) in [5, 5.41) is 4.79. The largest absolute Gasteiger partial charge is 0.383 e. The average molecular weight is 474 g/mol. The number of nitrogen functional groups attached to an aromatic ring is 1. The van der Waals surface area contributed by atoms with E-state index in [0.717, 1.165) is 23.9 Å². The maximum atomic E-state index is 13.1. The molecule has 0 fully saturated rings. The Labute approximate surface area is 194 Å². The molecule has 0 unspecified atom stereocenters. The SMILES string of the molecule is CCCCn1c(N)c(N(CCOC)C(=O)CSc2ncn(-c3ccccc3)n2)c(=O)[nH]c1=O. The molecule has 0 radical (unpaired) electrons. The fourth-order valence-electron chi connectivity index (χ4n) is 3.14. The number of hydrogen-bond donors (Lipinski definition) is 2. The molecule has 0 aliphatic rings. The number of aromatic nitrogens is 5. The Hall–Kier alpha value is -3.38. The normalized spacial score (nSPS) is 11.0. The van der Waals surface area contributed by atoms with Gasteiger partial charge in [0.2, 0.25) is 11.1 Å². The van der Waals surface area contributed by atoms with Gasteiger partial charge in [0.1, 0.15) is 12.1 Å². The number of methoxy groups -OCH3 is 1. The number of para-hydroxylation sites is 1. The van der Waals surface area contributed by atoms with E-state index in [-0.39, 0.29) is 36.3 Å². The molecule has 0 atom stereocenters. The number of hydrogen-bond acceptors (Lipinski definition) is 8. The maximum absolute atomic E-state index is 13.1. The highest BCUT2D eigenvalue weighted by atomic mass is 32.2. The van der Waals surface area contributed by atoms with Crippen LogP contribution in [0.15, 0.2) is 51.4 Å². The summed E-state index contributed by atoms with van der Waals surface area (Å²) in [4.78, 5) is 45.7. The molecule has 12 heteroatoms. The van der Waals surface area contributed by atoms with E-state index >= 15 is 0 Å². The van der Waals surface area contributed by atoms with E-state index in [2.05, 4.69) is 15.1 Å². The van der Waals surface area contributed by atoms with Crippen molar-refractivity contribution in [3.05, 3.63) is 57.5 Å². The number of nitrogens with one attached hydrogen (secondary N) is 1. The van der Waals surface area contributed by atoms with Gasteiger partial charge >= 0.3 is 5.69 Å². The first-order valence-electron chi connectivity index (χ1n) is 10.5. The number of aromatic amines is 1. The minimum atomic E-state index is -0.716. The van der Waals surface area contributed by atoms with Crippen LogP contribution in [0.3, 0.4) is 0 Å². The minimum absolute atomic E-state index is 0.0323. The standard InChI is InChI=1S/C21H27N7O4S/c1-3-4-10-27-18(22)17(19(30)24-21(27)31)26(11-12-32-2)16(29)13-33-20-23-14-28(25-20)15-8-6-5-7-9-15/h5-9,14H,3-4,10-13,22H2,1-2H3,(H,24,30,31). The number of thioether (sulfide) groups is 1. The quantitative estimate of drug-likeness (QED) is 0.397. The molecule has 1 aromatic carbocycles. The maximum Gasteiger partial charge on any atom is 0.330 e. The van der Waals surface area contributed by atoms with Crippen LogP contribution in [-0.2, 0) is 16.1 Å². The number of nitrogens with two attached hydrogens (primary N) is 1. The Kier molecular flexibility index (Phi) is 8.44. The van der Waals surface area contributed by atoms with E-state index in [1.807, 2.05) is 37.3 Å². The summed E-state index contributed by atoms with van der Waals surface area (Å²) in [6.07, 6.45) is 3.11. The zero-order valence-electron chi connectivity index (χ0n) is 18.6. The van der Waals surface area contributed by atoms with E-state index in [1.165, 1.54) is 16.6 Å². The lowest BCUT2D eigenvalue weighted by atomic mass is 10.3. The van der Waals surface area contributed by atoms with Gasteiger partial charge < -0.3 is 15.4 Å². The Morgan fingerprint density at radius 2 is 2.03 bits per heavy atom. The highest BCUT2D eigenvalue weighted by Gasteiger charge is 2.24. The molecular formula is C21H27N7O4S. The predicted octanol–water partition coefficient (Wildman–Crippen LogP) is 1.27. The lowest BCUT2D eigenvalue weighted by Crippen LogP contribution is -2.43. The molecule has 0 aliphatic heterocycles. The summed E-state index contributed by atoms with van der Waals surface area (Å²) in [5.41, 5.74) is 5.66. The summed E-state index contributed by atoms with van der Waals surface area (Å²) < 4.78 is 8.00. The second kappa shape index (κ2) is 11.5. The van der Waals surface area contributed by atoms with E-state index in [4.69, 9.17) is 10.5 Å². The second-order valence-electron chi connectivity index (χ2n) is 7.13. The molecule has 0 bridgehead atoms. The van der Waals surface area contributed by atoms with Crippen molar-refractivity contribution in [3.63, 3.8) is 0 Å². The van der Waals surface area contributed by atoms with Crippen molar-refractivity contribution in [2.45, 2.75) is 31.5 Å². The third-order valence-electron chi connectivity index (χ3n) is 4.86. The Bertz CT molecular complexity index is 1190. The van der Waals surface area contributed by atoms with Crippen LogP contribution in [0.1, 0.15) is 19.8 Å². The van der Waals surface area contributed by atoms with Crippen molar-refractivity contribution < 1.29 is 9.53 Å². The van der Waals surface area contributed by atoms with Crippen LogP contribution < -0.4 is 21.9 Å². The van der Waals surface area contributed by atoms with E-state index in [9.17, 15) is 14.4 Å². The van der Waals surface area contributed by atoms with Crippen molar-refractivity contribution in [1.82, 2.24) is 24.3 Å². The first-order valence-corrected chi connectivity index (χ1v) is 11.5. The number of anilines is 2. The fraction of sp³-hybridized carbons (Fsp3) is 0.381. The van der Waals surface area contributed by atoms with Crippen LogP contribution in [0.2, 0.25) is 0 Å². The van der Waals surface area contributed by atoms with E-state index in [0.29, 0.717) is 18.1 Å². The summed E-state index contributed by atoms with van der Waals surface area (Å²) in [6, 6.07) is 9.47. The van der Waals surface area contributed by atoms with Gasteiger partial charge in [-0.15, -0.1) is 5.10 Å². The monoisotopic (exact) mass is 473 g/mol. The first kappa shape index (κ1) is 24.3. The van der Waals surface area contributed by atoms with Crippen molar-refractivity contribution in [3.8, 4) is 5.69 Å². The zero-order chi connectivity index (χ0) is 23.8. The molecule has 0 saturated heterocycles. The lowest BCUT2D eigenvalue weighted by molar-refractivity contribution is -0.116. The number of unbranched alkanes of at least 4 members (excludes halogenated alkanes) is 1. The van der Waals surface area contributed by atoms with Crippen LogP contribution in [-0.4, -0.2) is 56.2 Å². The van der Waals surface area contributed by atoms with Crippen LogP contribution in [0.5, 0.6) is 0 Å². The molecule has 33 heavy (non-hydrogen) atoms. The van der Waals surface area contributed by atoms with Crippen LogP contribution in [0, 0.1) is 0 Å². The lowest BCUT2D eigenvalue weighted by Gasteiger charge is -2.24. The molecule has 0 spiro atoms. The molecule has 11 nitrogen and oxygen atoms in total. The first-order chi connectivity index (χ1) is 16.0. The zero-order valence-corrected chi connectivity index (χ0v) is 19.4. The van der Waals surface area contributed by atoms with Crippen LogP contribution in [0.25, 0.3) is 5.69 Å². The van der Waals surface area contributed by atoms with Crippen LogP contribution >= 0.6 is 11.8 Å². The van der Waals surface area contributed by atoms with Gasteiger partial charge in [-0.25, -0.2) is 14.5 Å². The number of rotatable bonds is 11. The van der Waals surface area contributed by atoms with Gasteiger partial charge in [0, 0.05) is 20.2 Å².